The Morgan fingerprint density at radius 1 is 1.23 bits per heavy atom. The Labute approximate surface area is 162 Å². The van der Waals surface area contributed by atoms with Gasteiger partial charge in [0.15, 0.2) is 5.75 Å². The van der Waals surface area contributed by atoms with Gasteiger partial charge in [0.05, 0.1) is 10.2 Å². The lowest BCUT2D eigenvalue weighted by Gasteiger charge is -2.14. The number of nitrogens with zero attached hydrogens (tertiary/aromatic N) is 1. The summed E-state index contributed by atoms with van der Waals surface area (Å²) in [6.07, 6.45) is 1.34. The third-order valence-corrected chi connectivity index (χ3v) is 4.30. The maximum Gasteiger partial charge on any atom is 0.308 e. The second kappa shape index (κ2) is 7.31. The van der Waals surface area contributed by atoms with Crippen LogP contribution in [0.2, 0.25) is 5.02 Å². The lowest BCUT2D eigenvalue weighted by atomic mass is 10.1. The molecular weight excluding hydrogens is 424 g/mol. The van der Waals surface area contributed by atoms with Gasteiger partial charge in [-0.15, -0.1) is 0 Å². The van der Waals surface area contributed by atoms with Crippen molar-refractivity contribution >= 4 is 57.1 Å². The fourth-order valence-electron chi connectivity index (χ4n) is 2.41. The van der Waals surface area contributed by atoms with Crippen molar-refractivity contribution in [2.45, 2.75) is 6.92 Å². The second-order valence-electron chi connectivity index (χ2n) is 5.37. The number of carbonyl (C=O) groups excluding carboxylic acids is 3. The minimum Gasteiger partial charge on any atom is -0.425 e. The molecule has 26 heavy (non-hydrogen) atoms. The largest absolute Gasteiger partial charge is 0.425 e. The smallest absolute Gasteiger partial charge is 0.308 e. The molecule has 0 bridgehead atoms. The molecule has 0 spiro atoms. The molecule has 0 aliphatic carbocycles. The number of rotatable bonds is 3. The average Bonchev–Trinajstić information content (AvgIpc) is 2.86. The Balaban J connectivity index is 2.04. The molecule has 1 N–H and O–H groups in total. The first-order chi connectivity index (χ1) is 12.4. The minimum absolute atomic E-state index is 0.101. The van der Waals surface area contributed by atoms with Gasteiger partial charge >= 0.3 is 5.97 Å². The van der Waals surface area contributed by atoms with Gasteiger partial charge in [0, 0.05) is 17.5 Å². The van der Waals surface area contributed by atoms with E-state index in [1.165, 1.54) is 19.1 Å². The maximum absolute atomic E-state index is 12.6. The fraction of sp³-hybridized carbons (Fsp3) is 0.0556. The van der Waals surface area contributed by atoms with E-state index in [1.54, 1.807) is 36.4 Å². The molecule has 0 aromatic heterocycles. The number of para-hydroxylation sites is 1. The van der Waals surface area contributed by atoms with Crippen LogP contribution >= 0.6 is 27.5 Å². The molecule has 8 heteroatoms. The summed E-state index contributed by atoms with van der Waals surface area (Å²) in [7, 11) is 0. The van der Waals surface area contributed by atoms with Gasteiger partial charge in [-0.3, -0.25) is 19.8 Å². The average molecular weight is 436 g/mol. The second-order valence-corrected chi connectivity index (χ2v) is 6.67. The molecule has 1 aliphatic rings. The van der Waals surface area contributed by atoms with Gasteiger partial charge in [-0.1, -0.05) is 29.8 Å². The van der Waals surface area contributed by atoms with Gasteiger partial charge < -0.3 is 4.74 Å². The van der Waals surface area contributed by atoms with E-state index in [0.29, 0.717) is 20.7 Å². The monoisotopic (exact) mass is 434 g/mol. The van der Waals surface area contributed by atoms with Crippen molar-refractivity contribution in [2.75, 3.05) is 5.01 Å². The third kappa shape index (κ3) is 3.63. The SMILES string of the molecule is CC(=O)Oc1c(Br)cc(Cl)cc1C=C1C(=O)NN(c2ccccc2)C1=O. The lowest BCUT2D eigenvalue weighted by Crippen LogP contribution is -2.35. The van der Waals surface area contributed by atoms with Crippen LogP contribution in [0.25, 0.3) is 6.08 Å². The van der Waals surface area contributed by atoms with Crippen molar-refractivity contribution in [3.05, 3.63) is 63.1 Å². The Morgan fingerprint density at radius 3 is 2.58 bits per heavy atom. The minimum atomic E-state index is -0.566. The molecule has 2 aromatic carbocycles. The van der Waals surface area contributed by atoms with Gasteiger partial charge in [0.2, 0.25) is 0 Å². The Kier molecular flexibility index (Phi) is 5.11. The van der Waals surface area contributed by atoms with Crippen LogP contribution < -0.4 is 15.2 Å². The molecule has 1 aliphatic heterocycles. The van der Waals surface area contributed by atoms with E-state index in [0.717, 1.165) is 5.01 Å². The van der Waals surface area contributed by atoms with Crippen LogP contribution in [0.15, 0.2) is 52.5 Å². The van der Waals surface area contributed by atoms with Crippen LogP contribution in [0, 0.1) is 0 Å². The van der Waals surface area contributed by atoms with Crippen molar-refractivity contribution in [3.8, 4) is 5.75 Å². The number of hydrazine groups is 1. The Morgan fingerprint density at radius 2 is 1.92 bits per heavy atom. The quantitative estimate of drug-likeness (QED) is 0.347. The highest BCUT2D eigenvalue weighted by Gasteiger charge is 2.34. The molecular formula is C18H12BrClN2O4. The van der Waals surface area contributed by atoms with Crippen LogP contribution in [0.4, 0.5) is 5.69 Å². The van der Waals surface area contributed by atoms with Crippen LogP contribution in [0.3, 0.4) is 0 Å². The molecule has 0 unspecified atom stereocenters. The molecule has 2 amide bonds. The Hall–Kier alpha value is -2.64. The zero-order valence-corrected chi connectivity index (χ0v) is 15.8. The summed E-state index contributed by atoms with van der Waals surface area (Å²) in [5, 5.41) is 1.50. The molecule has 132 valence electrons. The number of esters is 1. The van der Waals surface area contributed by atoms with Gasteiger partial charge in [0.1, 0.15) is 5.57 Å². The summed E-state index contributed by atoms with van der Waals surface area (Å²) in [5.74, 6) is -1.45. The normalized spacial score (nSPS) is 15.3. The first-order valence-electron chi connectivity index (χ1n) is 7.46. The van der Waals surface area contributed by atoms with E-state index in [4.69, 9.17) is 16.3 Å². The van der Waals surface area contributed by atoms with Crippen molar-refractivity contribution in [2.24, 2.45) is 0 Å². The molecule has 3 rings (SSSR count). The van der Waals surface area contributed by atoms with Crippen LogP contribution in [-0.2, 0) is 14.4 Å². The maximum atomic E-state index is 12.6. The Bertz CT molecular complexity index is 944. The molecule has 0 atom stereocenters. The molecule has 1 fully saturated rings. The number of hydrogen-bond donors (Lipinski definition) is 1. The van der Waals surface area contributed by atoms with Gasteiger partial charge in [-0.2, -0.15) is 0 Å². The summed E-state index contributed by atoms with van der Waals surface area (Å²) >= 11 is 9.31. The number of carbonyl (C=O) groups is 3. The number of nitrogens with one attached hydrogen (secondary N) is 1. The summed E-state index contributed by atoms with van der Waals surface area (Å²) in [5.41, 5.74) is 3.26. The predicted octanol–water partition coefficient (Wildman–Crippen LogP) is 3.49. The fourth-order valence-corrected chi connectivity index (χ4v) is 3.33. The lowest BCUT2D eigenvalue weighted by molar-refractivity contribution is -0.132. The first kappa shape index (κ1) is 18.2. The van der Waals surface area contributed by atoms with Crippen LogP contribution in [-0.4, -0.2) is 17.8 Å². The van der Waals surface area contributed by atoms with Crippen molar-refractivity contribution in [3.63, 3.8) is 0 Å². The zero-order chi connectivity index (χ0) is 18.8. The van der Waals surface area contributed by atoms with Crippen molar-refractivity contribution < 1.29 is 19.1 Å². The van der Waals surface area contributed by atoms with E-state index in [9.17, 15) is 14.4 Å². The first-order valence-corrected chi connectivity index (χ1v) is 8.63. The molecule has 6 nitrogen and oxygen atoms in total. The van der Waals surface area contributed by atoms with E-state index < -0.39 is 17.8 Å². The van der Waals surface area contributed by atoms with Crippen molar-refractivity contribution in [1.82, 2.24) is 5.43 Å². The van der Waals surface area contributed by atoms with Gasteiger partial charge in [0.25, 0.3) is 11.8 Å². The molecule has 1 saturated heterocycles. The summed E-state index contributed by atoms with van der Waals surface area (Å²) < 4.78 is 5.61. The molecule has 0 radical (unpaired) electrons. The van der Waals surface area contributed by atoms with E-state index in [2.05, 4.69) is 21.4 Å². The highest BCUT2D eigenvalue weighted by atomic mass is 79.9. The van der Waals surface area contributed by atoms with Gasteiger partial charge in [-0.05, 0) is 46.3 Å². The van der Waals surface area contributed by atoms with Gasteiger partial charge in [-0.25, -0.2) is 5.01 Å². The van der Waals surface area contributed by atoms with Crippen molar-refractivity contribution in [1.29, 1.82) is 0 Å². The molecule has 1 heterocycles. The number of amides is 2. The number of benzene rings is 2. The third-order valence-electron chi connectivity index (χ3n) is 3.49. The van der Waals surface area contributed by atoms with E-state index in [1.807, 2.05) is 0 Å². The topological polar surface area (TPSA) is 75.7 Å². The standard InChI is InChI=1S/C18H12BrClN2O4/c1-10(23)26-16-11(7-12(20)9-15(16)19)8-14-17(24)21-22(18(14)25)13-5-3-2-4-6-13/h2-9H,1H3,(H,21,24). The van der Waals surface area contributed by atoms with E-state index >= 15 is 0 Å². The number of halogens is 2. The van der Waals surface area contributed by atoms with Crippen LogP contribution in [0.5, 0.6) is 5.75 Å². The molecule has 0 saturated carbocycles. The number of hydrogen-bond acceptors (Lipinski definition) is 4. The summed E-state index contributed by atoms with van der Waals surface area (Å²) in [4.78, 5) is 36.3. The zero-order valence-electron chi connectivity index (χ0n) is 13.5. The molecule has 2 aromatic rings. The number of ether oxygens (including phenoxy) is 1. The highest BCUT2D eigenvalue weighted by Crippen LogP contribution is 2.35. The highest BCUT2D eigenvalue weighted by molar-refractivity contribution is 9.10. The summed E-state index contributed by atoms with van der Waals surface area (Å²) in [6.45, 7) is 1.25. The number of anilines is 1. The summed E-state index contributed by atoms with van der Waals surface area (Å²) in [6, 6.07) is 11.8. The van der Waals surface area contributed by atoms with E-state index in [-0.39, 0.29) is 11.3 Å². The predicted molar refractivity (Wildman–Crippen MR) is 101 cm³/mol. The van der Waals surface area contributed by atoms with Crippen LogP contribution in [0.1, 0.15) is 12.5 Å².